The minimum atomic E-state index is 0.614. The lowest BCUT2D eigenvalue weighted by molar-refractivity contribution is 0.768. The molecule has 5 aromatic rings. The number of benzene rings is 1. The molecule has 0 spiro atoms. The molecule has 0 saturated heterocycles. The zero-order chi connectivity index (χ0) is 20.5. The van der Waals surface area contributed by atoms with E-state index in [4.69, 9.17) is 0 Å². The second kappa shape index (κ2) is 7.32. The number of aromatic nitrogens is 8. The van der Waals surface area contributed by atoms with Crippen LogP contribution in [0.3, 0.4) is 0 Å². The second-order valence-electron chi connectivity index (χ2n) is 6.97. The van der Waals surface area contributed by atoms with E-state index in [1.165, 1.54) is 6.33 Å². The molecule has 0 saturated carbocycles. The number of aryl methyl sites for hydroxylation is 2. The Balaban J connectivity index is 1.36. The highest BCUT2D eigenvalue weighted by Gasteiger charge is 2.11. The molecule has 0 atom stereocenters. The van der Waals surface area contributed by atoms with Crippen LogP contribution in [-0.2, 0) is 20.6 Å². The van der Waals surface area contributed by atoms with E-state index in [0.29, 0.717) is 18.3 Å². The van der Waals surface area contributed by atoms with Crippen LogP contribution in [0.5, 0.6) is 0 Å². The third kappa shape index (κ3) is 3.34. The van der Waals surface area contributed by atoms with Crippen LogP contribution >= 0.6 is 0 Å². The van der Waals surface area contributed by atoms with Crippen molar-refractivity contribution in [3.05, 3.63) is 67.1 Å². The van der Waals surface area contributed by atoms with Crippen molar-refractivity contribution in [2.45, 2.75) is 6.54 Å². The fourth-order valence-electron chi connectivity index (χ4n) is 3.29. The summed E-state index contributed by atoms with van der Waals surface area (Å²) in [5.41, 5.74) is 7.57. The summed E-state index contributed by atoms with van der Waals surface area (Å²) in [5.74, 6) is 1.29. The van der Waals surface area contributed by atoms with E-state index in [9.17, 15) is 0 Å². The van der Waals surface area contributed by atoms with Gasteiger partial charge >= 0.3 is 0 Å². The highest BCUT2D eigenvalue weighted by atomic mass is 15.4. The van der Waals surface area contributed by atoms with Crippen LogP contribution in [-0.4, -0.2) is 39.2 Å². The van der Waals surface area contributed by atoms with Crippen molar-refractivity contribution in [2.75, 3.05) is 10.7 Å². The molecule has 2 N–H and O–H groups in total. The Hall–Kier alpha value is -4.21. The van der Waals surface area contributed by atoms with Gasteiger partial charge in [-0.25, -0.2) is 14.6 Å². The summed E-state index contributed by atoms with van der Waals surface area (Å²) in [5, 5.41) is 16.3. The maximum absolute atomic E-state index is 4.43. The second-order valence-corrected chi connectivity index (χ2v) is 6.97. The Bertz CT molecular complexity index is 1310. The van der Waals surface area contributed by atoms with Crippen molar-refractivity contribution >= 4 is 22.8 Å². The molecule has 0 radical (unpaired) electrons. The van der Waals surface area contributed by atoms with Crippen molar-refractivity contribution in [3.8, 4) is 11.1 Å². The maximum Gasteiger partial charge on any atom is 0.229 e. The smallest absolute Gasteiger partial charge is 0.229 e. The molecular formula is C20H20N10. The Morgan fingerprint density at radius 2 is 2.00 bits per heavy atom. The Kier molecular flexibility index (Phi) is 4.36. The highest BCUT2D eigenvalue weighted by molar-refractivity contribution is 5.88. The predicted octanol–water partition coefficient (Wildman–Crippen LogP) is 2.45. The first-order chi connectivity index (χ1) is 14.7. The van der Waals surface area contributed by atoms with Gasteiger partial charge < -0.3 is 15.3 Å². The third-order valence-electron chi connectivity index (χ3n) is 4.84. The fourth-order valence-corrected chi connectivity index (χ4v) is 3.29. The third-order valence-corrected chi connectivity index (χ3v) is 4.84. The van der Waals surface area contributed by atoms with Crippen LogP contribution in [0.25, 0.3) is 22.2 Å². The zero-order valence-corrected chi connectivity index (χ0v) is 16.6. The molecule has 5 rings (SSSR count). The lowest BCUT2D eigenvalue weighted by atomic mass is 10.1. The van der Waals surface area contributed by atoms with Gasteiger partial charge in [0.05, 0.1) is 18.1 Å². The highest BCUT2D eigenvalue weighted by Crippen LogP contribution is 2.23. The average Bonchev–Trinajstić information content (AvgIpc) is 3.48. The van der Waals surface area contributed by atoms with Gasteiger partial charge in [0.2, 0.25) is 5.95 Å². The van der Waals surface area contributed by atoms with E-state index in [-0.39, 0.29) is 0 Å². The van der Waals surface area contributed by atoms with Crippen LogP contribution in [0, 0.1) is 0 Å². The van der Waals surface area contributed by atoms with Gasteiger partial charge in [-0.3, -0.25) is 4.68 Å². The molecule has 30 heavy (non-hydrogen) atoms. The summed E-state index contributed by atoms with van der Waals surface area (Å²) in [4.78, 5) is 8.78. The molecule has 0 unspecified atom stereocenters. The van der Waals surface area contributed by atoms with Gasteiger partial charge in [-0.1, -0.05) is 18.2 Å². The Labute approximate surface area is 172 Å². The van der Waals surface area contributed by atoms with Crippen molar-refractivity contribution in [1.82, 2.24) is 39.2 Å². The van der Waals surface area contributed by atoms with Crippen LogP contribution in [0.2, 0.25) is 0 Å². The fraction of sp³-hybridized carbons (Fsp3) is 0.150. The summed E-state index contributed by atoms with van der Waals surface area (Å²) >= 11 is 0. The summed E-state index contributed by atoms with van der Waals surface area (Å²) < 4.78 is 5.49. The number of hydrogen-bond donors (Lipinski definition) is 2. The van der Waals surface area contributed by atoms with Crippen molar-refractivity contribution in [1.29, 1.82) is 0 Å². The first kappa shape index (κ1) is 17.9. The minimum absolute atomic E-state index is 0.614. The molecule has 10 heteroatoms. The van der Waals surface area contributed by atoms with E-state index >= 15 is 0 Å². The lowest BCUT2D eigenvalue weighted by Crippen LogP contribution is -2.13. The number of nitrogens with zero attached hydrogens (tertiary/aromatic N) is 8. The normalized spacial score (nSPS) is 11.1. The van der Waals surface area contributed by atoms with E-state index in [1.807, 2.05) is 43.4 Å². The predicted molar refractivity (Wildman–Crippen MR) is 114 cm³/mol. The first-order valence-electron chi connectivity index (χ1n) is 9.42. The molecule has 4 aromatic heterocycles. The molecule has 0 aliphatic rings. The molecule has 1 aromatic carbocycles. The minimum Gasteiger partial charge on any atom is -0.320 e. The van der Waals surface area contributed by atoms with Crippen molar-refractivity contribution in [2.24, 2.45) is 14.1 Å². The molecule has 0 aliphatic carbocycles. The lowest BCUT2D eigenvalue weighted by Gasteiger charge is -2.10. The molecule has 0 fully saturated rings. The van der Waals surface area contributed by atoms with Gasteiger partial charge in [0.25, 0.3) is 0 Å². The van der Waals surface area contributed by atoms with Gasteiger partial charge in [-0.2, -0.15) is 5.10 Å². The van der Waals surface area contributed by atoms with Gasteiger partial charge in [0, 0.05) is 32.1 Å². The SMILES string of the molecule is Cn1cc(-c2cccc(CNn3ccc4c(Nc5nncn5C)ncnc43)c2)cn1. The van der Waals surface area contributed by atoms with E-state index in [0.717, 1.165) is 27.7 Å². The van der Waals surface area contributed by atoms with E-state index < -0.39 is 0 Å². The molecule has 0 aliphatic heterocycles. The number of hydrogen-bond acceptors (Lipinski definition) is 7. The summed E-state index contributed by atoms with van der Waals surface area (Å²) in [6.07, 6.45) is 8.98. The van der Waals surface area contributed by atoms with Crippen LogP contribution in [0.1, 0.15) is 5.56 Å². The zero-order valence-electron chi connectivity index (χ0n) is 16.6. The van der Waals surface area contributed by atoms with Gasteiger partial charge in [0.1, 0.15) is 18.5 Å². The monoisotopic (exact) mass is 400 g/mol. The maximum atomic E-state index is 4.43. The summed E-state index contributed by atoms with van der Waals surface area (Å²) in [6.45, 7) is 0.647. The number of fused-ring (bicyclic) bond motifs is 1. The van der Waals surface area contributed by atoms with Crippen molar-refractivity contribution in [3.63, 3.8) is 0 Å². The van der Waals surface area contributed by atoms with Crippen molar-refractivity contribution < 1.29 is 0 Å². The summed E-state index contributed by atoms with van der Waals surface area (Å²) in [6, 6.07) is 10.4. The van der Waals surface area contributed by atoms with Crippen LogP contribution < -0.4 is 10.7 Å². The summed E-state index contributed by atoms with van der Waals surface area (Å²) in [7, 11) is 3.79. The quantitative estimate of drug-likeness (QED) is 0.451. The van der Waals surface area contributed by atoms with E-state index in [1.54, 1.807) is 15.6 Å². The van der Waals surface area contributed by atoms with Gasteiger partial charge in [-0.05, 0) is 23.3 Å². The van der Waals surface area contributed by atoms with Gasteiger partial charge in [0.15, 0.2) is 5.65 Å². The Morgan fingerprint density at radius 1 is 1.07 bits per heavy atom. The van der Waals surface area contributed by atoms with Crippen LogP contribution in [0.4, 0.5) is 11.8 Å². The number of rotatable bonds is 6. The molecule has 150 valence electrons. The number of nitrogens with one attached hydrogen (secondary N) is 2. The largest absolute Gasteiger partial charge is 0.320 e. The molecule has 4 heterocycles. The number of anilines is 2. The average molecular weight is 400 g/mol. The molecular weight excluding hydrogens is 380 g/mol. The van der Waals surface area contributed by atoms with Crippen LogP contribution in [0.15, 0.2) is 61.6 Å². The standard InChI is InChI=1S/C20H20N10/c1-28-13-23-27-20(28)26-18-17-6-7-30(19(17)22-12-21-18)25-9-14-4-3-5-15(8-14)16-10-24-29(2)11-16/h3-8,10-13,25H,9H2,1-2H3,(H,21,22,26,27). The Morgan fingerprint density at radius 3 is 2.80 bits per heavy atom. The van der Waals surface area contributed by atoms with Gasteiger partial charge in [-0.15, -0.1) is 10.2 Å². The molecule has 10 nitrogen and oxygen atoms in total. The molecule has 0 bridgehead atoms. The molecule has 0 amide bonds. The topological polar surface area (TPSA) is 103 Å². The first-order valence-corrected chi connectivity index (χ1v) is 9.42. The van der Waals surface area contributed by atoms with E-state index in [2.05, 4.69) is 60.3 Å².